The number of rotatable bonds is 4. The van der Waals surface area contributed by atoms with Crippen LogP contribution in [0.4, 0.5) is 0 Å². The molecule has 0 bridgehead atoms. The van der Waals surface area contributed by atoms with Gasteiger partial charge in [-0.25, -0.2) is 0 Å². The zero-order valence-electron chi connectivity index (χ0n) is 12.5. The van der Waals surface area contributed by atoms with Gasteiger partial charge in [-0.05, 0) is 36.4 Å². The molecule has 0 aliphatic rings. The van der Waals surface area contributed by atoms with Crippen LogP contribution in [-0.2, 0) is 6.54 Å². The van der Waals surface area contributed by atoms with E-state index in [1.165, 1.54) is 0 Å². The molecule has 110 valence electrons. The molecule has 0 spiro atoms. The Kier molecular flexibility index (Phi) is 4.17. The van der Waals surface area contributed by atoms with Crippen LogP contribution in [0.25, 0.3) is 11.3 Å². The summed E-state index contributed by atoms with van der Waals surface area (Å²) >= 11 is 0. The molecule has 0 saturated heterocycles. The van der Waals surface area contributed by atoms with Gasteiger partial charge in [0.1, 0.15) is 0 Å². The van der Waals surface area contributed by atoms with E-state index in [4.69, 9.17) is 0 Å². The van der Waals surface area contributed by atoms with Gasteiger partial charge in [0.05, 0.1) is 5.69 Å². The number of nitrogens with one attached hydrogen (secondary N) is 1. The average molecular weight is 290 g/mol. The van der Waals surface area contributed by atoms with E-state index in [1.54, 1.807) is 4.57 Å². The third-order valence-electron chi connectivity index (χ3n) is 3.57. The molecule has 0 aliphatic heterocycles. The summed E-state index contributed by atoms with van der Waals surface area (Å²) in [6.07, 6.45) is 1.91. The van der Waals surface area contributed by atoms with E-state index in [2.05, 4.69) is 11.4 Å². The molecule has 1 aromatic heterocycles. The molecule has 3 aromatic rings. The molecule has 0 amide bonds. The van der Waals surface area contributed by atoms with Gasteiger partial charge in [0.15, 0.2) is 0 Å². The van der Waals surface area contributed by atoms with Crippen molar-refractivity contribution in [3.63, 3.8) is 0 Å². The van der Waals surface area contributed by atoms with Gasteiger partial charge < -0.3 is 5.32 Å². The monoisotopic (exact) mass is 290 g/mol. The van der Waals surface area contributed by atoms with Crippen molar-refractivity contribution in [2.45, 2.75) is 6.54 Å². The van der Waals surface area contributed by atoms with Gasteiger partial charge in [0.25, 0.3) is 5.91 Å². The Morgan fingerprint density at radius 3 is 2.27 bits per heavy atom. The van der Waals surface area contributed by atoms with Gasteiger partial charge >= 0.3 is 0 Å². The van der Waals surface area contributed by atoms with Crippen molar-refractivity contribution >= 4 is 5.91 Å². The SMILES string of the molecule is CNCc1cc(-c2ccccc2)n(C(=O)c2ccccc2)c1. The van der Waals surface area contributed by atoms with Crippen molar-refractivity contribution in [2.24, 2.45) is 0 Å². The lowest BCUT2D eigenvalue weighted by Crippen LogP contribution is -2.12. The number of hydrogen-bond donors (Lipinski definition) is 1. The van der Waals surface area contributed by atoms with E-state index >= 15 is 0 Å². The highest BCUT2D eigenvalue weighted by molar-refractivity contribution is 5.98. The Labute approximate surface area is 130 Å². The fourth-order valence-electron chi connectivity index (χ4n) is 2.54. The third kappa shape index (κ3) is 2.85. The van der Waals surface area contributed by atoms with Crippen LogP contribution in [-0.4, -0.2) is 17.5 Å². The minimum atomic E-state index is -0.0122. The third-order valence-corrected chi connectivity index (χ3v) is 3.57. The summed E-state index contributed by atoms with van der Waals surface area (Å²) in [5, 5.41) is 3.13. The molecule has 3 heteroatoms. The lowest BCUT2D eigenvalue weighted by Gasteiger charge is -2.08. The molecule has 22 heavy (non-hydrogen) atoms. The Morgan fingerprint density at radius 1 is 1.00 bits per heavy atom. The summed E-state index contributed by atoms with van der Waals surface area (Å²) in [7, 11) is 1.90. The Balaban J connectivity index is 2.08. The zero-order chi connectivity index (χ0) is 15.4. The van der Waals surface area contributed by atoms with E-state index in [9.17, 15) is 4.79 Å². The van der Waals surface area contributed by atoms with Crippen molar-refractivity contribution in [3.05, 3.63) is 84.1 Å². The maximum absolute atomic E-state index is 12.8. The summed E-state index contributed by atoms with van der Waals surface area (Å²) in [5.41, 5.74) is 3.73. The highest BCUT2D eigenvalue weighted by Crippen LogP contribution is 2.23. The largest absolute Gasteiger partial charge is 0.316 e. The molecule has 2 aromatic carbocycles. The van der Waals surface area contributed by atoms with Crippen molar-refractivity contribution in [3.8, 4) is 11.3 Å². The molecular formula is C19H18N2O. The van der Waals surface area contributed by atoms with Gasteiger partial charge in [-0.3, -0.25) is 9.36 Å². The molecule has 1 N–H and O–H groups in total. The molecular weight excluding hydrogens is 272 g/mol. The second-order valence-corrected chi connectivity index (χ2v) is 5.17. The number of hydrogen-bond acceptors (Lipinski definition) is 2. The number of benzene rings is 2. The predicted molar refractivity (Wildman–Crippen MR) is 88.8 cm³/mol. The van der Waals surface area contributed by atoms with Crippen LogP contribution < -0.4 is 5.32 Å². The molecule has 0 atom stereocenters. The summed E-state index contributed by atoms with van der Waals surface area (Å²) in [6, 6.07) is 21.4. The first-order valence-corrected chi connectivity index (χ1v) is 7.30. The quantitative estimate of drug-likeness (QED) is 0.797. The molecule has 3 rings (SSSR count). The number of carbonyl (C=O) groups excluding carboxylic acids is 1. The van der Waals surface area contributed by atoms with Crippen molar-refractivity contribution in [2.75, 3.05) is 7.05 Å². The zero-order valence-corrected chi connectivity index (χ0v) is 12.5. The minimum absolute atomic E-state index is 0.0122. The fourth-order valence-corrected chi connectivity index (χ4v) is 2.54. The summed E-state index contributed by atoms with van der Waals surface area (Å²) in [6.45, 7) is 0.731. The van der Waals surface area contributed by atoms with E-state index in [-0.39, 0.29) is 5.91 Å². The smallest absolute Gasteiger partial charge is 0.262 e. The Hall–Kier alpha value is -2.65. The standard InChI is InChI=1S/C19H18N2O/c1-20-13-15-12-18(16-8-4-2-5-9-16)21(14-15)19(22)17-10-6-3-7-11-17/h2-12,14,20H,13H2,1H3. The van der Waals surface area contributed by atoms with E-state index in [0.717, 1.165) is 23.4 Å². The number of aromatic nitrogens is 1. The van der Waals surface area contributed by atoms with Gasteiger partial charge in [-0.1, -0.05) is 48.5 Å². The second-order valence-electron chi connectivity index (χ2n) is 5.17. The predicted octanol–water partition coefficient (Wildman–Crippen LogP) is 3.56. The normalized spacial score (nSPS) is 10.6. The van der Waals surface area contributed by atoms with Crippen LogP contribution >= 0.6 is 0 Å². The minimum Gasteiger partial charge on any atom is -0.316 e. The lowest BCUT2D eigenvalue weighted by atomic mass is 10.1. The molecule has 0 saturated carbocycles. The maximum atomic E-state index is 12.8. The van der Waals surface area contributed by atoms with E-state index < -0.39 is 0 Å². The molecule has 0 unspecified atom stereocenters. The maximum Gasteiger partial charge on any atom is 0.262 e. The Bertz CT molecular complexity index is 761. The molecule has 0 aliphatic carbocycles. The van der Waals surface area contributed by atoms with Gasteiger partial charge in [-0.15, -0.1) is 0 Å². The molecule has 1 heterocycles. The van der Waals surface area contributed by atoms with Crippen molar-refractivity contribution in [1.82, 2.24) is 9.88 Å². The number of nitrogens with zero attached hydrogens (tertiary/aromatic N) is 1. The van der Waals surface area contributed by atoms with Crippen molar-refractivity contribution < 1.29 is 4.79 Å². The Morgan fingerprint density at radius 2 is 1.64 bits per heavy atom. The summed E-state index contributed by atoms with van der Waals surface area (Å²) in [5.74, 6) is -0.0122. The molecule has 0 fully saturated rings. The first kappa shape index (κ1) is 14.3. The van der Waals surface area contributed by atoms with Crippen molar-refractivity contribution in [1.29, 1.82) is 0 Å². The molecule has 0 radical (unpaired) electrons. The lowest BCUT2D eigenvalue weighted by molar-refractivity contribution is 0.0962. The van der Waals surface area contributed by atoms with E-state index in [0.29, 0.717) is 5.56 Å². The second kappa shape index (κ2) is 6.41. The van der Waals surface area contributed by atoms with Crippen LogP contribution in [0, 0.1) is 0 Å². The average Bonchev–Trinajstić information content (AvgIpc) is 3.00. The van der Waals surface area contributed by atoms with Gasteiger partial charge in [0, 0.05) is 18.3 Å². The van der Waals surface area contributed by atoms with Gasteiger partial charge in [-0.2, -0.15) is 0 Å². The topological polar surface area (TPSA) is 34.0 Å². The highest BCUT2D eigenvalue weighted by Gasteiger charge is 2.15. The first-order valence-electron chi connectivity index (χ1n) is 7.30. The molecule has 3 nitrogen and oxygen atoms in total. The van der Waals surface area contributed by atoms with Crippen LogP contribution in [0.1, 0.15) is 15.9 Å². The van der Waals surface area contributed by atoms with Crippen LogP contribution in [0.5, 0.6) is 0 Å². The highest BCUT2D eigenvalue weighted by atomic mass is 16.2. The van der Waals surface area contributed by atoms with E-state index in [1.807, 2.05) is 73.9 Å². The fraction of sp³-hybridized carbons (Fsp3) is 0.105. The summed E-state index contributed by atoms with van der Waals surface area (Å²) in [4.78, 5) is 12.8. The first-order chi connectivity index (χ1) is 10.8. The van der Waals surface area contributed by atoms with Crippen LogP contribution in [0.3, 0.4) is 0 Å². The van der Waals surface area contributed by atoms with Gasteiger partial charge in [0.2, 0.25) is 0 Å². The summed E-state index contributed by atoms with van der Waals surface area (Å²) < 4.78 is 1.73. The van der Waals surface area contributed by atoms with Crippen LogP contribution in [0.15, 0.2) is 72.9 Å². The number of carbonyl (C=O) groups is 1. The van der Waals surface area contributed by atoms with Crippen LogP contribution in [0.2, 0.25) is 0 Å².